The van der Waals surface area contributed by atoms with Gasteiger partial charge in [0.15, 0.2) is 0 Å². The van der Waals surface area contributed by atoms with Gasteiger partial charge in [0.25, 0.3) is 12.3 Å². The van der Waals surface area contributed by atoms with E-state index in [1.807, 2.05) is 0 Å². The summed E-state index contributed by atoms with van der Waals surface area (Å²) in [5, 5.41) is 2.99. The number of furan rings is 1. The lowest BCUT2D eigenvalue weighted by atomic mass is 10.0. The highest BCUT2D eigenvalue weighted by Crippen LogP contribution is 2.39. The van der Waals surface area contributed by atoms with Crippen LogP contribution in [0.5, 0.6) is 0 Å². The number of carbonyl (C=O) groups is 1. The van der Waals surface area contributed by atoms with E-state index in [0.29, 0.717) is 21.1 Å². The summed E-state index contributed by atoms with van der Waals surface area (Å²) in [5.74, 6) is -0.223. The van der Waals surface area contributed by atoms with Gasteiger partial charge in [-0.3, -0.25) is 9.10 Å². The van der Waals surface area contributed by atoms with Crippen molar-refractivity contribution in [1.82, 2.24) is 5.32 Å². The van der Waals surface area contributed by atoms with Crippen LogP contribution in [0.2, 0.25) is 0 Å². The Kier molecular flexibility index (Phi) is 5.68. The molecule has 0 spiro atoms. The number of benzene rings is 2. The van der Waals surface area contributed by atoms with E-state index in [0.717, 1.165) is 10.6 Å². The maximum Gasteiger partial charge on any atom is 0.263 e. The molecular formula is C19H17BrF2N2O4S. The predicted molar refractivity (Wildman–Crippen MR) is 111 cm³/mol. The average Bonchev–Trinajstić information content (AvgIpc) is 3.03. The Labute approximate surface area is 174 Å². The lowest BCUT2D eigenvalue weighted by Crippen LogP contribution is -2.25. The highest BCUT2D eigenvalue weighted by molar-refractivity contribution is 9.10. The van der Waals surface area contributed by atoms with E-state index >= 15 is 0 Å². The van der Waals surface area contributed by atoms with Crippen molar-refractivity contribution in [3.63, 3.8) is 0 Å². The van der Waals surface area contributed by atoms with E-state index in [2.05, 4.69) is 21.2 Å². The molecule has 0 saturated heterocycles. The summed E-state index contributed by atoms with van der Waals surface area (Å²) >= 11 is 3.34. The molecule has 0 aliphatic heterocycles. The highest BCUT2D eigenvalue weighted by atomic mass is 79.9. The van der Waals surface area contributed by atoms with Crippen LogP contribution in [0, 0.1) is 0 Å². The predicted octanol–water partition coefficient (Wildman–Crippen LogP) is 4.56. The van der Waals surface area contributed by atoms with Crippen molar-refractivity contribution in [2.45, 2.75) is 6.43 Å². The van der Waals surface area contributed by atoms with Gasteiger partial charge >= 0.3 is 0 Å². The molecule has 1 aromatic heterocycles. The van der Waals surface area contributed by atoms with E-state index in [1.165, 1.54) is 44.4 Å². The summed E-state index contributed by atoms with van der Waals surface area (Å²) in [6, 6.07) is 8.52. The van der Waals surface area contributed by atoms with Crippen LogP contribution in [0.1, 0.15) is 22.3 Å². The molecule has 1 N–H and O–H groups in total. The molecule has 154 valence electrons. The smallest absolute Gasteiger partial charge is 0.263 e. The van der Waals surface area contributed by atoms with Gasteiger partial charge in [-0.25, -0.2) is 17.2 Å². The van der Waals surface area contributed by atoms with Gasteiger partial charge in [-0.1, -0.05) is 24.3 Å². The highest BCUT2D eigenvalue weighted by Gasteiger charge is 2.25. The fourth-order valence-corrected chi connectivity index (χ4v) is 4.09. The number of hydrogen-bond donors (Lipinski definition) is 1. The Morgan fingerprint density at radius 3 is 2.34 bits per heavy atom. The Bertz CT molecular complexity index is 1190. The Morgan fingerprint density at radius 2 is 1.83 bits per heavy atom. The lowest BCUT2D eigenvalue weighted by Gasteiger charge is -2.18. The van der Waals surface area contributed by atoms with Crippen LogP contribution in [-0.4, -0.2) is 34.7 Å². The van der Waals surface area contributed by atoms with Crippen molar-refractivity contribution in [1.29, 1.82) is 0 Å². The second kappa shape index (κ2) is 7.75. The fraction of sp³-hybridized carbons (Fsp3) is 0.211. The number of rotatable bonds is 5. The molecule has 0 radical (unpaired) electrons. The number of anilines is 1. The minimum atomic E-state index is -3.53. The second-order valence-electron chi connectivity index (χ2n) is 6.34. The zero-order chi connectivity index (χ0) is 21.5. The van der Waals surface area contributed by atoms with Crippen LogP contribution in [0.25, 0.3) is 22.3 Å². The number of nitrogens with zero attached hydrogens (tertiary/aromatic N) is 1. The second-order valence-corrected chi connectivity index (χ2v) is 9.21. The topological polar surface area (TPSA) is 79.6 Å². The maximum atomic E-state index is 12.8. The largest absolute Gasteiger partial charge is 0.455 e. The van der Waals surface area contributed by atoms with Crippen LogP contribution >= 0.6 is 15.9 Å². The van der Waals surface area contributed by atoms with E-state index in [9.17, 15) is 22.0 Å². The lowest BCUT2D eigenvalue weighted by molar-refractivity contribution is 0.0964. The van der Waals surface area contributed by atoms with Crippen LogP contribution in [-0.2, 0) is 10.0 Å². The van der Waals surface area contributed by atoms with Crippen molar-refractivity contribution in [3.8, 4) is 11.3 Å². The molecule has 2 aromatic carbocycles. The van der Waals surface area contributed by atoms with Gasteiger partial charge in [0, 0.05) is 41.1 Å². The number of nitrogens with one attached hydrogen (secondary N) is 1. The summed E-state index contributed by atoms with van der Waals surface area (Å²) in [7, 11) is -0.664. The van der Waals surface area contributed by atoms with Crippen LogP contribution < -0.4 is 9.62 Å². The third kappa shape index (κ3) is 3.99. The summed E-state index contributed by atoms with van der Waals surface area (Å²) in [4.78, 5) is 12.5. The molecular weight excluding hydrogens is 470 g/mol. The number of alkyl halides is 2. The summed E-state index contributed by atoms with van der Waals surface area (Å²) < 4.78 is 56.9. The van der Waals surface area contributed by atoms with Crippen molar-refractivity contribution >= 4 is 48.5 Å². The van der Waals surface area contributed by atoms with Gasteiger partial charge < -0.3 is 9.73 Å². The standard InChI is InChI=1S/C19H17BrF2N2O4S/c1-23-19(25)16-12-8-13(20)14(24(2)29(3,26)27)9-15(12)28-17(16)10-4-6-11(7-5-10)18(21)22/h4-9,18H,1-3H3,(H,23,25). The molecule has 0 bridgehead atoms. The van der Waals surface area contributed by atoms with Gasteiger partial charge in [0.2, 0.25) is 10.0 Å². The summed E-state index contributed by atoms with van der Waals surface area (Å²) in [6.45, 7) is 0. The molecule has 0 unspecified atom stereocenters. The minimum Gasteiger partial charge on any atom is -0.455 e. The number of carbonyl (C=O) groups excluding carboxylic acids is 1. The molecule has 3 aromatic rings. The first kappa shape index (κ1) is 21.3. The average molecular weight is 487 g/mol. The molecule has 0 atom stereocenters. The molecule has 29 heavy (non-hydrogen) atoms. The van der Waals surface area contributed by atoms with Gasteiger partial charge in [0.05, 0.1) is 17.5 Å². The molecule has 3 rings (SSSR count). The first-order chi connectivity index (χ1) is 13.5. The number of amides is 1. The monoisotopic (exact) mass is 486 g/mol. The number of halogens is 3. The van der Waals surface area contributed by atoms with E-state index in [-0.39, 0.29) is 22.5 Å². The van der Waals surface area contributed by atoms with Gasteiger partial charge in [-0.2, -0.15) is 0 Å². The SMILES string of the molecule is CNC(=O)c1c(-c2ccc(C(F)F)cc2)oc2cc(N(C)S(C)(=O)=O)c(Br)cc12. The van der Waals surface area contributed by atoms with Crippen LogP contribution in [0.15, 0.2) is 45.3 Å². The Balaban J connectivity index is 2.26. The maximum absolute atomic E-state index is 12.8. The molecule has 0 aliphatic rings. The van der Waals surface area contributed by atoms with Crippen molar-refractivity contribution in [2.24, 2.45) is 0 Å². The molecule has 0 saturated carbocycles. The first-order valence-electron chi connectivity index (χ1n) is 8.35. The first-order valence-corrected chi connectivity index (χ1v) is 11.0. The zero-order valence-electron chi connectivity index (χ0n) is 15.7. The third-order valence-corrected chi connectivity index (χ3v) is 6.30. The summed E-state index contributed by atoms with van der Waals surface area (Å²) in [5.41, 5.74) is 1.13. The van der Waals surface area contributed by atoms with Crippen molar-refractivity contribution in [3.05, 3.63) is 52.0 Å². The van der Waals surface area contributed by atoms with Crippen LogP contribution in [0.3, 0.4) is 0 Å². The van der Waals surface area contributed by atoms with Gasteiger partial charge in [0.1, 0.15) is 11.3 Å². The molecule has 0 aliphatic carbocycles. The van der Waals surface area contributed by atoms with E-state index in [4.69, 9.17) is 4.42 Å². The van der Waals surface area contributed by atoms with Crippen molar-refractivity contribution < 1.29 is 26.4 Å². The minimum absolute atomic E-state index is 0.147. The molecule has 6 nitrogen and oxygen atoms in total. The molecule has 0 fully saturated rings. The van der Waals surface area contributed by atoms with Crippen molar-refractivity contribution in [2.75, 3.05) is 24.7 Å². The zero-order valence-corrected chi connectivity index (χ0v) is 18.1. The number of hydrogen-bond acceptors (Lipinski definition) is 4. The van der Waals surface area contributed by atoms with Gasteiger partial charge in [-0.15, -0.1) is 0 Å². The quantitative estimate of drug-likeness (QED) is 0.573. The molecule has 10 heteroatoms. The molecule has 1 amide bonds. The molecule has 1 heterocycles. The summed E-state index contributed by atoms with van der Waals surface area (Å²) in [6.07, 6.45) is -1.54. The van der Waals surface area contributed by atoms with E-state index in [1.54, 1.807) is 6.07 Å². The Hall–Kier alpha value is -2.46. The van der Waals surface area contributed by atoms with Gasteiger partial charge in [-0.05, 0) is 22.0 Å². The number of sulfonamides is 1. The third-order valence-electron chi connectivity index (χ3n) is 4.47. The van der Waals surface area contributed by atoms with E-state index < -0.39 is 22.4 Å². The fourth-order valence-electron chi connectivity index (χ4n) is 2.86. The normalized spacial score (nSPS) is 11.8. The number of fused-ring (bicyclic) bond motifs is 1. The Morgan fingerprint density at radius 1 is 1.21 bits per heavy atom. The van der Waals surface area contributed by atoms with Crippen LogP contribution in [0.4, 0.5) is 14.5 Å².